The van der Waals surface area contributed by atoms with E-state index >= 15 is 0 Å². The van der Waals surface area contributed by atoms with Gasteiger partial charge in [0.2, 0.25) is 0 Å². The fourth-order valence-corrected chi connectivity index (χ4v) is 2.87. The summed E-state index contributed by atoms with van der Waals surface area (Å²) in [7, 11) is 1.78. The van der Waals surface area contributed by atoms with Gasteiger partial charge in [-0.2, -0.15) is 0 Å². The van der Waals surface area contributed by atoms with E-state index in [0.717, 1.165) is 35.4 Å². The van der Waals surface area contributed by atoms with Crippen LogP contribution in [0, 0.1) is 6.92 Å². The summed E-state index contributed by atoms with van der Waals surface area (Å²) in [6, 6.07) is 8.00. The number of aliphatic imine (C=N–C) groups is 1. The Morgan fingerprint density at radius 2 is 2.05 bits per heavy atom. The lowest BCUT2D eigenvalue weighted by atomic mass is 10.1. The molecule has 6 heteroatoms. The zero-order chi connectivity index (χ0) is 15.8. The Bertz CT molecular complexity index is 607. The first-order chi connectivity index (χ1) is 10.7. The summed E-state index contributed by atoms with van der Waals surface area (Å²) in [5, 5.41) is 8.44. The Morgan fingerprint density at radius 1 is 1.27 bits per heavy atom. The number of nitrogens with one attached hydrogen (secondary N) is 2. The van der Waals surface area contributed by atoms with Gasteiger partial charge in [0.05, 0.1) is 6.54 Å². The second kappa shape index (κ2) is 8.76. The summed E-state index contributed by atoms with van der Waals surface area (Å²) in [5.41, 5.74) is 1.30. The van der Waals surface area contributed by atoms with Crippen LogP contribution in [0.5, 0.6) is 0 Å². The van der Waals surface area contributed by atoms with Crippen molar-refractivity contribution in [2.75, 3.05) is 13.6 Å². The molecule has 0 spiro atoms. The summed E-state index contributed by atoms with van der Waals surface area (Å²) in [6.45, 7) is 3.64. The van der Waals surface area contributed by atoms with Crippen LogP contribution < -0.4 is 10.6 Å². The van der Waals surface area contributed by atoms with Gasteiger partial charge in [0.15, 0.2) is 5.96 Å². The van der Waals surface area contributed by atoms with Crippen LogP contribution in [0.15, 0.2) is 35.5 Å². The minimum atomic E-state index is 0.704. The van der Waals surface area contributed by atoms with E-state index in [9.17, 15) is 0 Å². The van der Waals surface area contributed by atoms with Gasteiger partial charge in [-0.3, -0.25) is 4.99 Å². The fraction of sp³-hybridized carbons (Fsp3) is 0.375. The molecule has 2 rings (SSSR count). The molecule has 0 fully saturated rings. The van der Waals surface area contributed by atoms with Crippen molar-refractivity contribution in [2.45, 2.75) is 26.3 Å². The highest BCUT2D eigenvalue weighted by Gasteiger charge is 2.01. The number of halogens is 1. The quantitative estimate of drug-likeness (QED) is 0.483. The largest absolute Gasteiger partial charge is 0.356 e. The molecule has 118 valence electrons. The standard InChI is InChI=1S/C16H21ClN4S/c1-12-10-20-15(22-12)11-21-16(18-2)19-9-3-4-13-5-7-14(17)8-6-13/h5-8,10H,3-4,9,11H2,1-2H3,(H2,18,19,21). The average Bonchev–Trinajstić information content (AvgIpc) is 2.94. The number of benzene rings is 1. The van der Waals surface area contributed by atoms with Crippen LogP contribution in [0.4, 0.5) is 0 Å². The molecule has 1 heterocycles. The zero-order valence-electron chi connectivity index (χ0n) is 12.9. The number of thiazole rings is 1. The Balaban J connectivity index is 1.67. The highest BCUT2D eigenvalue weighted by molar-refractivity contribution is 7.11. The molecule has 0 unspecified atom stereocenters. The van der Waals surface area contributed by atoms with Crippen LogP contribution in [-0.4, -0.2) is 24.5 Å². The van der Waals surface area contributed by atoms with Crippen LogP contribution in [0.2, 0.25) is 5.02 Å². The van der Waals surface area contributed by atoms with Gasteiger partial charge in [0.25, 0.3) is 0 Å². The van der Waals surface area contributed by atoms with Gasteiger partial charge in [-0.25, -0.2) is 4.98 Å². The Morgan fingerprint density at radius 3 is 2.68 bits per heavy atom. The first-order valence-corrected chi connectivity index (χ1v) is 8.47. The molecule has 2 aromatic rings. The Labute approximate surface area is 140 Å². The van der Waals surface area contributed by atoms with E-state index in [4.69, 9.17) is 11.6 Å². The molecular formula is C16H21ClN4S. The number of aromatic nitrogens is 1. The topological polar surface area (TPSA) is 49.3 Å². The minimum absolute atomic E-state index is 0.704. The highest BCUT2D eigenvalue weighted by atomic mass is 35.5. The maximum Gasteiger partial charge on any atom is 0.191 e. The van der Waals surface area contributed by atoms with E-state index < -0.39 is 0 Å². The van der Waals surface area contributed by atoms with Crippen molar-refractivity contribution in [1.29, 1.82) is 0 Å². The van der Waals surface area contributed by atoms with E-state index in [1.165, 1.54) is 10.4 Å². The third-order valence-corrected chi connectivity index (χ3v) is 4.31. The summed E-state index contributed by atoms with van der Waals surface area (Å²) in [5.74, 6) is 0.809. The number of nitrogens with zero attached hydrogens (tertiary/aromatic N) is 2. The number of hydrogen-bond acceptors (Lipinski definition) is 3. The van der Waals surface area contributed by atoms with Crippen molar-refractivity contribution in [2.24, 2.45) is 4.99 Å². The lowest BCUT2D eigenvalue weighted by Gasteiger charge is -2.10. The van der Waals surface area contributed by atoms with Crippen molar-refractivity contribution < 1.29 is 0 Å². The summed E-state index contributed by atoms with van der Waals surface area (Å²) < 4.78 is 0. The Kier molecular flexibility index (Phi) is 6.68. The summed E-state index contributed by atoms with van der Waals surface area (Å²) in [6.07, 6.45) is 3.95. The zero-order valence-corrected chi connectivity index (χ0v) is 14.5. The molecule has 0 radical (unpaired) electrons. The maximum absolute atomic E-state index is 5.88. The second-order valence-electron chi connectivity index (χ2n) is 4.95. The molecular weight excluding hydrogens is 316 g/mol. The van der Waals surface area contributed by atoms with E-state index in [0.29, 0.717) is 6.54 Å². The number of hydrogen-bond donors (Lipinski definition) is 2. The third kappa shape index (κ3) is 5.66. The maximum atomic E-state index is 5.88. The second-order valence-corrected chi connectivity index (χ2v) is 6.70. The monoisotopic (exact) mass is 336 g/mol. The van der Waals surface area contributed by atoms with Crippen LogP contribution in [-0.2, 0) is 13.0 Å². The molecule has 0 bridgehead atoms. The van der Waals surface area contributed by atoms with Gasteiger partial charge in [0.1, 0.15) is 5.01 Å². The molecule has 22 heavy (non-hydrogen) atoms. The van der Waals surface area contributed by atoms with Gasteiger partial charge in [0, 0.05) is 29.7 Å². The third-order valence-electron chi connectivity index (χ3n) is 3.15. The normalized spacial score (nSPS) is 11.5. The predicted molar refractivity (Wildman–Crippen MR) is 94.8 cm³/mol. The van der Waals surface area contributed by atoms with Crippen molar-refractivity contribution in [3.63, 3.8) is 0 Å². The minimum Gasteiger partial charge on any atom is -0.356 e. The lowest BCUT2D eigenvalue weighted by molar-refractivity contribution is 0.741. The van der Waals surface area contributed by atoms with Gasteiger partial charge in [-0.1, -0.05) is 23.7 Å². The summed E-state index contributed by atoms with van der Waals surface area (Å²) >= 11 is 7.58. The fourth-order valence-electron chi connectivity index (χ4n) is 2.01. The molecule has 1 aromatic heterocycles. The summed E-state index contributed by atoms with van der Waals surface area (Å²) in [4.78, 5) is 9.77. The van der Waals surface area contributed by atoms with Crippen LogP contribution in [0.1, 0.15) is 21.9 Å². The first kappa shape index (κ1) is 16.8. The number of guanidine groups is 1. The number of rotatable bonds is 6. The lowest BCUT2D eigenvalue weighted by Crippen LogP contribution is -2.37. The van der Waals surface area contributed by atoms with Crippen LogP contribution in [0.25, 0.3) is 0 Å². The smallest absolute Gasteiger partial charge is 0.191 e. The van der Waals surface area contributed by atoms with Crippen molar-refractivity contribution >= 4 is 28.9 Å². The molecule has 0 amide bonds. The Hall–Kier alpha value is -1.59. The number of aryl methyl sites for hydroxylation is 2. The van der Waals surface area contributed by atoms with Gasteiger partial charge >= 0.3 is 0 Å². The van der Waals surface area contributed by atoms with Crippen LogP contribution >= 0.6 is 22.9 Å². The van der Waals surface area contributed by atoms with E-state index in [1.807, 2.05) is 18.3 Å². The molecule has 2 N–H and O–H groups in total. The molecule has 1 aromatic carbocycles. The van der Waals surface area contributed by atoms with E-state index in [2.05, 4.69) is 39.7 Å². The molecule has 0 saturated heterocycles. The van der Waals surface area contributed by atoms with Gasteiger partial charge in [-0.05, 0) is 37.5 Å². The molecule has 4 nitrogen and oxygen atoms in total. The van der Waals surface area contributed by atoms with Crippen molar-refractivity contribution in [3.8, 4) is 0 Å². The first-order valence-electron chi connectivity index (χ1n) is 7.27. The van der Waals surface area contributed by atoms with Gasteiger partial charge in [-0.15, -0.1) is 11.3 Å². The highest BCUT2D eigenvalue weighted by Crippen LogP contribution is 2.11. The molecule has 0 saturated carbocycles. The molecule has 0 aliphatic heterocycles. The van der Waals surface area contributed by atoms with E-state index in [-0.39, 0.29) is 0 Å². The average molecular weight is 337 g/mol. The molecule has 0 aliphatic rings. The molecule has 0 atom stereocenters. The molecule has 0 aliphatic carbocycles. The SMILES string of the molecule is CN=C(NCCCc1ccc(Cl)cc1)NCc1ncc(C)s1. The van der Waals surface area contributed by atoms with Crippen LogP contribution in [0.3, 0.4) is 0 Å². The predicted octanol–water partition coefficient (Wildman–Crippen LogP) is 3.40. The van der Waals surface area contributed by atoms with Gasteiger partial charge < -0.3 is 10.6 Å². The van der Waals surface area contributed by atoms with Crippen molar-refractivity contribution in [3.05, 3.63) is 50.9 Å². The van der Waals surface area contributed by atoms with Crippen molar-refractivity contribution in [1.82, 2.24) is 15.6 Å². The van der Waals surface area contributed by atoms with E-state index in [1.54, 1.807) is 18.4 Å².